The number of amides is 1. The average molecular weight is 435 g/mol. The molecule has 30 heavy (non-hydrogen) atoms. The van der Waals surface area contributed by atoms with Crippen molar-refractivity contribution in [1.82, 2.24) is 4.90 Å². The molecule has 1 amide bonds. The Hall–Kier alpha value is -2.32. The normalized spacial score (nSPS) is 20.0. The Morgan fingerprint density at radius 2 is 2.00 bits per heavy atom. The number of aliphatic hydroxyl groups excluding tert-OH is 2. The first-order valence-corrected chi connectivity index (χ1v) is 10.3. The molecule has 2 aromatic carbocycles. The summed E-state index contributed by atoms with van der Waals surface area (Å²) in [6.45, 7) is 2.41. The van der Waals surface area contributed by atoms with E-state index < -0.39 is 6.10 Å². The number of likely N-dealkylation sites (tertiary alicyclic amines) is 1. The first-order valence-electron chi connectivity index (χ1n) is 9.89. The van der Waals surface area contributed by atoms with E-state index >= 15 is 0 Å². The lowest BCUT2D eigenvalue weighted by atomic mass is 10.2. The van der Waals surface area contributed by atoms with E-state index in [2.05, 4.69) is 5.32 Å². The van der Waals surface area contributed by atoms with Gasteiger partial charge in [-0.05, 0) is 36.4 Å². The van der Waals surface area contributed by atoms with Crippen LogP contribution >= 0.6 is 11.6 Å². The van der Waals surface area contributed by atoms with Crippen LogP contribution in [-0.4, -0.2) is 65.6 Å². The zero-order valence-corrected chi connectivity index (χ0v) is 17.6. The highest BCUT2D eigenvalue weighted by Crippen LogP contribution is 2.26. The van der Waals surface area contributed by atoms with Crippen molar-refractivity contribution in [3.8, 4) is 11.5 Å². The van der Waals surface area contributed by atoms with E-state index in [1.807, 2.05) is 17.0 Å². The second-order valence-corrected chi connectivity index (χ2v) is 7.80. The summed E-state index contributed by atoms with van der Waals surface area (Å²) >= 11 is 5.91. The Kier molecular flexibility index (Phi) is 7.93. The number of aliphatic hydroxyl groups is 2. The van der Waals surface area contributed by atoms with Gasteiger partial charge in [-0.2, -0.15) is 0 Å². The molecule has 7 nitrogen and oxygen atoms in total. The lowest BCUT2D eigenvalue weighted by Gasteiger charge is -2.25. The minimum absolute atomic E-state index is 0.0145. The molecule has 3 N–H and O–H groups in total. The molecule has 3 atom stereocenters. The van der Waals surface area contributed by atoms with Crippen LogP contribution < -0.4 is 14.8 Å². The van der Waals surface area contributed by atoms with Crippen molar-refractivity contribution < 1.29 is 24.5 Å². The van der Waals surface area contributed by atoms with Crippen molar-refractivity contribution in [2.75, 3.05) is 31.6 Å². The Morgan fingerprint density at radius 3 is 2.70 bits per heavy atom. The first kappa shape index (κ1) is 22.4. The fourth-order valence-corrected chi connectivity index (χ4v) is 3.66. The van der Waals surface area contributed by atoms with E-state index in [9.17, 15) is 15.0 Å². The standard InChI is InChI=1S/C22H27ClN2O5/c1-15(27)24-21-4-2-3-5-22(21)29-14-18(28)11-25-12-20(10-17(25)13-26)30-19-8-6-16(23)7-9-19/h2-9,17-18,20,26,28H,10-14H2,1H3,(H,24,27)/t17-,18-,20-/m0/s1. The van der Waals surface area contributed by atoms with Crippen molar-refractivity contribution in [3.63, 3.8) is 0 Å². The third-order valence-corrected chi connectivity index (χ3v) is 5.14. The highest BCUT2D eigenvalue weighted by atomic mass is 35.5. The number of hydrogen-bond donors (Lipinski definition) is 3. The molecule has 3 rings (SSSR count). The summed E-state index contributed by atoms with van der Waals surface area (Å²) in [5.74, 6) is 1.03. The zero-order chi connectivity index (χ0) is 21.5. The van der Waals surface area contributed by atoms with Gasteiger partial charge in [0.15, 0.2) is 0 Å². The van der Waals surface area contributed by atoms with Gasteiger partial charge in [-0.15, -0.1) is 0 Å². The Labute approximate surface area is 181 Å². The summed E-state index contributed by atoms with van der Waals surface area (Å²) < 4.78 is 11.7. The number of β-amino-alcohol motifs (C(OH)–C–C–N with tert-alkyl or cyclic N) is 1. The molecule has 1 fully saturated rings. The molecule has 1 aliphatic rings. The molecule has 0 aromatic heterocycles. The Bertz CT molecular complexity index is 833. The SMILES string of the molecule is CC(=O)Nc1ccccc1OC[C@@H](O)CN1C[C@@H](Oc2ccc(Cl)cc2)C[C@H]1CO. The molecule has 162 valence electrons. The lowest BCUT2D eigenvalue weighted by molar-refractivity contribution is -0.114. The zero-order valence-electron chi connectivity index (χ0n) is 16.8. The van der Waals surface area contributed by atoms with Gasteiger partial charge >= 0.3 is 0 Å². The van der Waals surface area contributed by atoms with Gasteiger partial charge < -0.3 is 25.0 Å². The van der Waals surface area contributed by atoms with Gasteiger partial charge in [-0.1, -0.05) is 23.7 Å². The fourth-order valence-electron chi connectivity index (χ4n) is 3.54. The molecule has 8 heteroatoms. The number of halogens is 1. The van der Waals surface area contributed by atoms with Crippen LogP contribution in [0.3, 0.4) is 0 Å². The number of carbonyl (C=O) groups is 1. The van der Waals surface area contributed by atoms with E-state index in [-0.39, 0.29) is 31.3 Å². The van der Waals surface area contributed by atoms with Crippen molar-refractivity contribution in [2.45, 2.75) is 31.6 Å². The number of para-hydroxylation sites is 2. The molecule has 1 heterocycles. The van der Waals surface area contributed by atoms with Crippen LogP contribution in [0.25, 0.3) is 0 Å². The van der Waals surface area contributed by atoms with Crippen LogP contribution in [0.5, 0.6) is 11.5 Å². The van der Waals surface area contributed by atoms with Crippen LogP contribution in [0, 0.1) is 0 Å². The number of rotatable bonds is 9. The molecule has 0 unspecified atom stereocenters. The van der Waals surface area contributed by atoms with Gasteiger partial charge in [-0.25, -0.2) is 0 Å². The van der Waals surface area contributed by atoms with Crippen molar-refractivity contribution in [3.05, 3.63) is 53.6 Å². The Morgan fingerprint density at radius 1 is 1.27 bits per heavy atom. The number of benzene rings is 2. The maximum Gasteiger partial charge on any atom is 0.221 e. The van der Waals surface area contributed by atoms with Crippen LogP contribution in [0.15, 0.2) is 48.5 Å². The smallest absolute Gasteiger partial charge is 0.221 e. The van der Waals surface area contributed by atoms with Gasteiger partial charge in [0.25, 0.3) is 0 Å². The minimum atomic E-state index is -0.765. The lowest BCUT2D eigenvalue weighted by Crippen LogP contribution is -2.40. The van der Waals surface area contributed by atoms with Gasteiger partial charge in [0, 0.05) is 37.5 Å². The average Bonchev–Trinajstić information content (AvgIpc) is 3.09. The van der Waals surface area contributed by atoms with Crippen LogP contribution in [0.4, 0.5) is 5.69 Å². The van der Waals surface area contributed by atoms with Crippen molar-refractivity contribution >= 4 is 23.2 Å². The number of carbonyl (C=O) groups excluding carboxylic acids is 1. The molecule has 0 bridgehead atoms. The molecule has 2 aromatic rings. The van der Waals surface area contributed by atoms with E-state index in [1.165, 1.54) is 6.92 Å². The summed E-state index contributed by atoms with van der Waals surface area (Å²) in [5, 5.41) is 23.6. The van der Waals surface area contributed by atoms with E-state index in [4.69, 9.17) is 21.1 Å². The summed E-state index contributed by atoms with van der Waals surface area (Å²) in [6, 6.07) is 14.1. The molecule has 0 aliphatic carbocycles. The predicted octanol–water partition coefficient (Wildman–Crippen LogP) is 2.55. The van der Waals surface area contributed by atoms with Gasteiger partial charge in [0.1, 0.15) is 30.3 Å². The number of nitrogens with one attached hydrogen (secondary N) is 1. The summed E-state index contributed by atoms with van der Waals surface area (Å²) in [6.07, 6.45) is -0.186. The van der Waals surface area contributed by atoms with E-state index in [0.717, 1.165) is 5.75 Å². The maximum absolute atomic E-state index is 11.3. The second kappa shape index (κ2) is 10.6. The molecule has 1 aliphatic heterocycles. The summed E-state index contributed by atoms with van der Waals surface area (Å²) in [5.41, 5.74) is 0.558. The maximum atomic E-state index is 11.3. The number of nitrogens with zero attached hydrogens (tertiary/aromatic N) is 1. The number of hydrogen-bond acceptors (Lipinski definition) is 6. The molecular weight excluding hydrogens is 408 g/mol. The molecule has 1 saturated heterocycles. The van der Waals surface area contributed by atoms with Gasteiger partial charge in [-0.3, -0.25) is 9.69 Å². The van der Waals surface area contributed by atoms with Crippen LogP contribution in [0.2, 0.25) is 5.02 Å². The van der Waals surface area contributed by atoms with Gasteiger partial charge in [0.2, 0.25) is 5.91 Å². The third-order valence-electron chi connectivity index (χ3n) is 4.89. The number of ether oxygens (including phenoxy) is 2. The second-order valence-electron chi connectivity index (χ2n) is 7.36. The summed E-state index contributed by atoms with van der Waals surface area (Å²) in [4.78, 5) is 13.3. The minimum Gasteiger partial charge on any atom is -0.489 e. The van der Waals surface area contributed by atoms with Crippen LogP contribution in [0.1, 0.15) is 13.3 Å². The predicted molar refractivity (Wildman–Crippen MR) is 115 cm³/mol. The molecule has 0 saturated carbocycles. The van der Waals surface area contributed by atoms with E-state index in [0.29, 0.717) is 36.0 Å². The third kappa shape index (κ3) is 6.34. The van der Waals surface area contributed by atoms with Crippen LogP contribution in [-0.2, 0) is 4.79 Å². The molecule has 0 spiro atoms. The highest BCUT2D eigenvalue weighted by Gasteiger charge is 2.34. The number of anilines is 1. The van der Waals surface area contributed by atoms with Gasteiger partial charge in [0.05, 0.1) is 12.3 Å². The van der Waals surface area contributed by atoms with E-state index in [1.54, 1.807) is 36.4 Å². The first-order chi connectivity index (χ1) is 14.4. The topological polar surface area (TPSA) is 91.3 Å². The largest absolute Gasteiger partial charge is 0.489 e. The molecule has 0 radical (unpaired) electrons. The highest BCUT2D eigenvalue weighted by molar-refractivity contribution is 6.30. The Balaban J connectivity index is 1.52. The summed E-state index contributed by atoms with van der Waals surface area (Å²) in [7, 11) is 0. The fraction of sp³-hybridized carbons (Fsp3) is 0.409. The van der Waals surface area contributed by atoms with Crippen molar-refractivity contribution in [2.24, 2.45) is 0 Å². The molecular formula is C22H27ClN2O5. The van der Waals surface area contributed by atoms with Crippen molar-refractivity contribution in [1.29, 1.82) is 0 Å². The quantitative estimate of drug-likeness (QED) is 0.562. The monoisotopic (exact) mass is 434 g/mol.